The molecular formula is C11H20N6O2S. The Bertz CT molecular complexity index is 715. The predicted molar refractivity (Wildman–Crippen MR) is 77.8 cm³/mol. The topological polar surface area (TPSA) is 108 Å². The number of anilines is 1. The van der Waals surface area contributed by atoms with E-state index in [1.807, 2.05) is 18.5 Å². The summed E-state index contributed by atoms with van der Waals surface area (Å²) in [4.78, 5) is 4.35. The van der Waals surface area contributed by atoms with Gasteiger partial charge in [-0.25, -0.2) is 18.1 Å². The van der Waals surface area contributed by atoms with Crippen LogP contribution >= 0.6 is 0 Å². The lowest BCUT2D eigenvalue weighted by molar-refractivity contribution is 0.576. The number of imidazole rings is 1. The largest absolute Gasteiger partial charge is 0.369 e. The first-order chi connectivity index (χ1) is 9.33. The number of hydrogen-bond donors (Lipinski definition) is 2. The van der Waals surface area contributed by atoms with Crippen LogP contribution in [0.15, 0.2) is 0 Å². The number of nitrogens with two attached hydrogens (primary N) is 1. The molecule has 2 heterocycles. The van der Waals surface area contributed by atoms with E-state index in [-0.39, 0.29) is 0 Å². The summed E-state index contributed by atoms with van der Waals surface area (Å²) in [6, 6.07) is 0. The van der Waals surface area contributed by atoms with Gasteiger partial charge in [-0.3, -0.25) is 9.25 Å². The van der Waals surface area contributed by atoms with Crippen molar-refractivity contribution < 1.29 is 8.42 Å². The molecule has 9 heteroatoms. The molecule has 0 unspecified atom stereocenters. The second-order valence-corrected chi connectivity index (χ2v) is 6.57. The summed E-state index contributed by atoms with van der Waals surface area (Å²) in [5.41, 5.74) is 8.55. The molecule has 0 fully saturated rings. The summed E-state index contributed by atoms with van der Waals surface area (Å²) in [6.45, 7) is 2.98. The molecule has 0 amide bonds. The maximum Gasteiger partial charge on any atom is 0.208 e. The van der Waals surface area contributed by atoms with Crippen LogP contribution in [0.3, 0.4) is 0 Å². The molecule has 20 heavy (non-hydrogen) atoms. The number of aromatic nitrogens is 4. The summed E-state index contributed by atoms with van der Waals surface area (Å²) in [5, 5.41) is 4.40. The second-order valence-electron chi connectivity index (χ2n) is 4.74. The number of fused-ring (bicyclic) bond motifs is 1. The van der Waals surface area contributed by atoms with Crippen LogP contribution in [0.25, 0.3) is 11.2 Å². The summed E-state index contributed by atoms with van der Waals surface area (Å²) < 4.78 is 28.1. The van der Waals surface area contributed by atoms with E-state index in [0.717, 1.165) is 29.5 Å². The molecule has 0 aliphatic heterocycles. The maximum absolute atomic E-state index is 11.0. The first-order valence-corrected chi connectivity index (χ1v) is 8.35. The van der Waals surface area contributed by atoms with Gasteiger partial charge in [-0.2, -0.15) is 5.10 Å². The SMILES string of the molecule is CCc1nn(C)c2c1nc(N)n2CCCNS(C)(=O)=O. The fourth-order valence-electron chi connectivity index (χ4n) is 2.21. The van der Waals surface area contributed by atoms with Crippen molar-refractivity contribution in [2.24, 2.45) is 7.05 Å². The number of sulfonamides is 1. The third kappa shape index (κ3) is 2.93. The number of nitrogen functional groups attached to an aromatic ring is 1. The maximum atomic E-state index is 11.0. The van der Waals surface area contributed by atoms with Crippen molar-refractivity contribution in [1.29, 1.82) is 0 Å². The molecule has 2 aromatic rings. The molecule has 0 atom stereocenters. The minimum Gasteiger partial charge on any atom is -0.369 e. The van der Waals surface area contributed by atoms with Crippen LogP contribution in [0, 0.1) is 0 Å². The van der Waals surface area contributed by atoms with Crippen LogP contribution in [0.5, 0.6) is 0 Å². The Morgan fingerprint density at radius 3 is 2.70 bits per heavy atom. The van der Waals surface area contributed by atoms with Gasteiger partial charge in [0.05, 0.1) is 11.9 Å². The van der Waals surface area contributed by atoms with E-state index < -0.39 is 10.0 Å². The highest BCUT2D eigenvalue weighted by molar-refractivity contribution is 7.88. The van der Waals surface area contributed by atoms with Crippen LogP contribution in [0.2, 0.25) is 0 Å². The number of nitrogens with zero attached hydrogens (tertiary/aromatic N) is 4. The highest BCUT2D eigenvalue weighted by Crippen LogP contribution is 2.21. The Balaban J connectivity index is 2.18. The Labute approximate surface area is 118 Å². The Morgan fingerprint density at radius 1 is 1.40 bits per heavy atom. The molecule has 0 aliphatic carbocycles. The molecule has 0 bridgehead atoms. The van der Waals surface area contributed by atoms with Crippen molar-refractivity contribution in [2.75, 3.05) is 18.5 Å². The van der Waals surface area contributed by atoms with Gasteiger partial charge in [-0.15, -0.1) is 0 Å². The zero-order valence-electron chi connectivity index (χ0n) is 11.9. The summed E-state index contributed by atoms with van der Waals surface area (Å²) in [5.74, 6) is 0.432. The molecule has 2 aromatic heterocycles. The average molecular weight is 300 g/mol. The molecule has 0 aliphatic rings. The van der Waals surface area contributed by atoms with E-state index >= 15 is 0 Å². The standard InChI is InChI=1S/C11H20N6O2S/c1-4-8-9-10(16(2)15-8)17(11(12)14-9)7-5-6-13-20(3,18)19/h13H,4-7H2,1-3H3,(H2,12,14). The molecule has 0 aromatic carbocycles. The van der Waals surface area contributed by atoms with Gasteiger partial charge in [-0.05, 0) is 12.8 Å². The lowest BCUT2D eigenvalue weighted by Crippen LogP contribution is -2.24. The van der Waals surface area contributed by atoms with Crippen LogP contribution in [0.4, 0.5) is 5.95 Å². The van der Waals surface area contributed by atoms with Crippen LogP contribution < -0.4 is 10.5 Å². The molecular weight excluding hydrogens is 280 g/mol. The van der Waals surface area contributed by atoms with Crippen molar-refractivity contribution in [3.8, 4) is 0 Å². The van der Waals surface area contributed by atoms with Crippen molar-refractivity contribution in [2.45, 2.75) is 26.3 Å². The smallest absolute Gasteiger partial charge is 0.208 e. The van der Waals surface area contributed by atoms with Crippen molar-refractivity contribution >= 4 is 27.1 Å². The molecule has 0 spiro atoms. The van der Waals surface area contributed by atoms with Gasteiger partial charge in [-0.1, -0.05) is 6.92 Å². The van der Waals surface area contributed by atoms with Crippen LogP contribution in [0.1, 0.15) is 19.0 Å². The average Bonchev–Trinajstić information content (AvgIpc) is 2.82. The minimum absolute atomic E-state index is 0.371. The Hall–Kier alpha value is -1.61. The molecule has 0 saturated carbocycles. The normalized spacial score (nSPS) is 12.3. The first-order valence-electron chi connectivity index (χ1n) is 6.45. The van der Waals surface area contributed by atoms with Crippen LogP contribution in [-0.2, 0) is 30.0 Å². The predicted octanol–water partition coefficient (Wildman–Crippen LogP) is -0.146. The lowest BCUT2D eigenvalue weighted by atomic mass is 10.3. The highest BCUT2D eigenvalue weighted by Gasteiger charge is 2.16. The van der Waals surface area contributed by atoms with Gasteiger partial charge in [0.1, 0.15) is 5.52 Å². The molecule has 0 saturated heterocycles. The van der Waals surface area contributed by atoms with Gasteiger partial charge in [0.2, 0.25) is 16.0 Å². The third-order valence-electron chi connectivity index (χ3n) is 3.08. The zero-order chi connectivity index (χ0) is 14.9. The van der Waals surface area contributed by atoms with Gasteiger partial charge >= 0.3 is 0 Å². The summed E-state index contributed by atoms with van der Waals surface area (Å²) in [7, 11) is -1.29. The van der Waals surface area contributed by atoms with E-state index in [2.05, 4.69) is 14.8 Å². The number of nitrogens with one attached hydrogen (secondary N) is 1. The highest BCUT2D eigenvalue weighted by atomic mass is 32.2. The summed E-state index contributed by atoms with van der Waals surface area (Å²) in [6.07, 6.45) is 2.57. The minimum atomic E-state index is -3.15. The third-order valence-corrected chi connectivity index (χ3v) is 3.81. The number of rotatable bonds is 6. The monoisotopic (exact) mass is 300 g/mol. The van der Waals surface area contributed by atoms with E-state index in [4.69, 9.17) is 5.73 Å². The van der Waals surface area contributed by atoms with Crippen molar-refractivity contribution in [3.05, 3.63) is 5.69 Å². The first kappa shape index (κ1) is 14.8. The van der Waals surface area contributed by atoms with E-state index in [9.17, 15) is 8.42 Å². The van der Waals surface area contributed by atoms with Gasteiger partial charge in [0.15, 0.2) is 5.65 Å². The number of hydrogen-bond acceptors (Lipinski definition) is 5. The molecule has 0 radical (unpaired) electrons. The molecule has 2 rings (SSSR count). The second kappa shape index (κ2) is 5.41. The quantitative estimate of drug-likeness (QED) is 0.722. The van der Waals surface area contributed by atoms with E-state index in [1.165, 1.54) is 0 Å². The van der Waals surface area contributed by atoms with Crippen LogP contribution in [-0.4, -0.2) is 40.5 Å². The van der Waals surface area contributed by atoms with Gasteiger partial charge in [0, 0.05) is 20.1 Å². The fourth-order valence-corrected chi connectivity index (χ4v) is 2.73. The van der Waals surface area contributed by atoms with Crippen molar-refractivity contribution in [3.63, 3.8) is 0 Å². The van der Waals surface area contributed by atoms with Crippen molar-refractivity contribution in [1.82, 2.24) is 24.1 Å². The molecule has 3 N–H and O–H groups in total. The van der Waals surface area contributed by atoms with E-state index in [0.29, 0.717) is 25.5 Å². The van der Waals surface area contributed by atoms with Gasteiger partial charge in [0.25, 0.3) is 0 Å². The van der Waals surface area contributed by atoms with E-state index in [1.54, 1.807) is 4.68 Å². The Kier molecular flexibility index (Phi) is 4.00. The van der Waals surface area contributed by atoms with Gasteiger partial charge < -0.3 is 5.73 Å². The zero-order valence-corrected chi connectivity index (χ0v) is 12.7. The summed E-state index contributed by atoms with van der Waals surface area (Å²) >= 11 is 0. The number of aryl methyl sites for hydroxylation is 3. The molecule has 112 valence electrons. The molecule has 8 nitrogen and oxygen atoms in total. The Morgan fingerprint density at radius 2 is 2.10 bits per heavy atom. The lowest BCUT2D eigenvalue weighted by Gasteiger charge is -2.07. The fraction of sp³-hybridized carbons (Fsp3) is 0.636.